The van der Waals surface area contributed by atoms with Crippen LogP contribution in [0.3, 0.4) is 0 Å². The van der Waals surface area contributed by atoms with Gasteiger partial charge in [0.05, 0.1) is 5.69 Å². The second kappa shape index (κ2) is 3.50. The molecule has 2 rings (SSSR count). The van der Waals surface area contributed by atoms with Gasteiger partial charge in [-0.3, -0.25) is 4.31 Å². The number of para-hydroxylation sites is 1. The van der Waals surface area contributed by atoms with Gasteiger partial charge < -0.3 is 0 Å². The lowest BCUT2D eigenvalue weighted by Crippen LogP contribution is -2.45. The van der Waals surface area contributed by atoms with Gasteiger partial charge in [0.25, 0.3) is 10.2 Å². The summed E-state index contributed by atoms with van der Waals surface area (Å²) in [5, 5.41) is 5.21. The molecule has 0 radical (unpaired) electrons. The van der Waals surface area contributed by atoms with Gasteiger partial charge in [-0.25, -0.2) is 5.14 Å². The maximum absolute atomic E-state index is 11.5. The van der Waals surface area contributed by atoms with E-state index in [0.717, 1.165) is 24.1 Å². The average molecular weight is 226 g/mol. The third-order valence-corrected chi connectivity index (χ3v) is 3.84. The summed E-state index contributed by atoms with van der Waals surface area (Å²) in [6, 6.07) is 7.43. The minimum atomic E-state index is -3.66. The molecule has 15 heavy (non-hydrogen) atoms. The molecule has 0 fully saturated rings. The van der Waals surface area contributed by atoms with Crippen molar-refractivity contribution < 1.29 is 8.42 Å². The number of anilines is 1. The summed E-state index contributed by atoms with van der Waals surface area (Å²) < 4.78 is 24.2. The molecule has 1 aliphatic heterocycles. The first-order valence-corrected chi connectivity index (χ1v) is 6.40. The Morgan fingerprint density at radius 3 is 2.73 bits per heavy atom. The van der Waals surface area contributed by atoms with Gasteiger partial charge in [0, 0.05) is 6.04 Å². The van der Waals surface area contributed by atoms with E-state index in [-0.39, 0.29) is 6.04 Å². The Labute approximate surface area is 89.9 Å². The summed E-state index contributed by atoms with van der Waals surface area (Å²) in [5.41, 5.74) is 1.77. The molecular weight excluding hydrogens is 212 g/mol. The molecule has 0 spiro atoms. The molecule has 0 saturated carbocycles. The SMILES string of the molecule is C[C@@H]1CCc2ccccc2N1S(N)(=O)=O. The van der Waals surface area contributed by atoms with E-state index in [2.05, 4.69) is 0 Å². The van der Waals surface area contributed by atoms with Crippen molar-refractivity contribution in [1.29, 1.82) is 0 Å². The maximum atomic E-state index is 11.5. The molecule has 0 unspecified atom stereocenters. The molecule has 2 N–H and O–H groups in total. The van der Waals surface area contributed by atoms with Crippen LogP contribution in [0.2, 0.25) is 0 Å². The molecule has 1 atom stereocenters. The lowest BCUT2D eigenvalue weighted by Gasteiger charge is -2.34. The fraction of sp³-hybridized carbons (Fsp3) is 0.400. The quantitative estimate of drug-likeness (QED) is 0.777. The van der Waals surface area contributed by atoms with E-state index in [0.29, 0.717) is 0 Å². The zero-order chi connectivity index (χ0) is 11.1. The highest BCUT2D eigenvalue weighted by Crippen LogP contribution is 2.31. The molecule has 0 aliphatic carbocycles. The molecular formula is C10H14N2O2S. The van der Waals surface area contributed by atoms with Gasteiger partial charge in [0.1, 0.15) is 0 Å². The van der Waals surface area contributed by atoms with Gasteiger partial charge in [0.2, 0.25) is 0 Å². The summed E-state index contributed by atoms with van der Waals surface area (Å²) >= 11 is 0. The van der Waals surface area contributed by atoms with Gasteiger partial charge in [-0.2, -0.15) is 8.42 Å². The van der Waals surface area contributed by atoms with E-state index in [4.69, 9.17) is 5.14 Å². The number of fused-ring (bicyclic) bond motifs is 1. The van der Waals surface area contributed by atoms with Crippen LogP contribution in [0.25, 0.3) is 0 Å². The van der Waals surface area contributed by atoms with Crippen LogP contribution < -0.4 is 9.44 Å². The lowest BCUT2D eigenvalue weighted by molar-refractivity contribution is 0.564. The number of benzene rings is 1. The number of hydrogen-bond donors (Lipinski definition) is 1. The second-order valence-corrected chi connectivity index (χ2v) is 5.28. The number of aryl methyl sites for hydroxylation is 1. The predicted molar refractivity (Wildman–Crippen MR) is 59.8 cm³/mol. The van der Waals surface area contributed by atoms with Gasteiger partial charge in [-0.05, 0) is 31.4 Å². The largest absolute Gasteiger partial charge is 0.299 e. The lowest BCUT2D eigenvalue weighted by atomic mass is 9.99. The molecule has 1 aromatic rings. The molecule has 0 aromatic heterocycles. The summed E-state index contributed by atoms with van der Waals surface area (Å²) in [6.45, 7) is 1.88. The zero-order valence-corrected chi connectivity index (χ0v) is 9.37. The topological polar surface area (TPSA) is 63.4 Å². The highest BCUT2D eigenvalue weighted by atomic mass is 32.2. The first kappa shape index (κ1) is 10.4. The van der Waals surface area contributed by atoms with Crippen molar-refractivity contribution >= 4 is 15.9 Å². The first-order valence-electron chi connectivity index (χ1n) is 4.90. The van der Waals surface area contributed by atoms with Crippen LogP contribution in [0, 0.1) is 0 Å². The van der Waals surface area contributed by atoms with Crippen LogP contribution in [0.1, 0.15) is 18.9 Å². The van der Waals surface area contributed by atoms with Crippen molar-refractivity contribution in [2.75, 3.05) is 4.31 Å². The van der Waals surface area contributed by atoms with E-state index < -0.39 is 10.2 Å². The van der Waals surface area contributed by atoms with E-state index in [9.17, 15) is 8.42 Å². The standard InChI is InChI=1S/C10H14N2O2S/c1-8-6-7-9-4-2-3-5-10(9)12(8)15(11,13)14/h2-5,8H,6-7H2,1H3,(H2,11,13,14)/t8-/m1/s1. The van der Waals surface area contributed by atoms with Crippen LogP contribution in [0.5, 0.6) is 0 Å². The van der Waals surface area contributed by atoms with Crippen molar-refractivity contribution in [3.63, 3.8) is 0 Å². The highest BCUT2D eigenvalue weighted by molar-refractivity contribution is 7.90. The monoisotopic (exact) mass is 226 g/mol. The van der Waals surface area contributed by atoms with Gasteiger partial charge in [-0.15, -0.1) is 0 Å². The molecule has 0 amide bonds. The van der Waals surface area contributed by atoms with Crippen molar-refractivity contribution in [1.82, 2.24) is 0 Å². The highest BCUT2D eigenvalue weighted by Gasteiger charge is 2.29. The number of nitrogens with zero attached hydrogens (tertiary/aromatic N) is 1. The molecule has 1 aromatic carbocycles. The van der Waals surface area contributed by atoms with Crippen LogP contribution in [0.4, 0.5) is 5.69 Å². The number of hydrogen-bond acceptors (Lipinski definition) is 2. The van der Waals surface area contributed by atoms with Crippen LogP contribution in [-0.2, 0) is 16.6 Å². The fourth-order valence-corrected chi connectivity index (χ4v) is 3.10. The third kappa shape index (κ3) is 1.85. The summed E-state index contributed by atoms with van der Waals surface area (Å²) in [4.78, 5) is 0. The summed E-state index contributed by atoms with van der Waals surface area (Å²) in [6.07, 6.45) is 1.72. The van der Waals surface area contributed by atoms with Crippen LogP contribution in [-0.4, -0.2) is 14.5 Å². The van der Waals surface area contributed by atoms with Gasteiger partial charge in [0.15, 0.2) is 0 Å². The predicted octanol–water partition coefficient (Wildman–Crippen LogP) is 1.03. The van der Waals surface area contributed by atoms with Gasteiger partial charge >= 0.3 is 0 Å². The van der Waals surface area contributed by atoms with Crippen molar-refractivity contribution in [2.45, 2.75) is 25.8 Å². The average Bonchev–Trinajstić information content (AvgIpc) is 2.15. The Morgan fingerprint density at radius 1 is 1.40 bits per heavy atom. The molecule has 4 nitrogen and oxygen atoms in total. The van der Waals surface area contributed by atoms with Crippen LogP contribution >= 0.6 is 0 Å². The van der Waals surface area contributed by atoms with Crippen LogP contribution in [0.15, 0.2) is 24.3 Å². The Kier molecular flexibility index (Phi) is 2.44. The minimum absolute atomic E-state index is 0.0603. The van der Waals surface area contributed by atoms with Gasteiger partial charge in [-0.1, -0.05) is 18.2 Å². The molecule has 0 saturated heterocycles. The Morgan fingerprint density at radius 2 is 2.07 bits per heavy atom. The third-order valence-electron chi connectivity index (χ3n) is 2.73. The summed E-state index contributed by atoms with van der Waals surface area (Å²) in [7, 11) is -3.66. The van der Waals surface area contributed by atoms with Crippen molar-refractivity contribution in [3.05, 3.63) is 29.8 Å². The number of nitrogens with two attached hydrogens (primary N) is 1. The molecule has 0 bridgehead atoms. The van der Waals surface area contributed by atoms with Crippen molar-refractivity contribution in [2.24, 2.45) is 5.14 Å². The number of rotatable bonds is 1. The molecule has 82 valence electrons. The van der Waals surface area contributed by atoms with E-state index in [1.54, 1.807) is 6.07 Å². The van der Waals surface area contributed by atoms with E-state index in [1.165, 1.54) is 4.31 Å². The Hall–Kier alpha value is -1.07. The minimum Gasteiger partial charge on any atom is -0.255 e. The molecule has 5 heteroatoms. The Bertz CT molecular complexity index is 470. The second-order valence-electron chi connectivity index (χ2n) is 3.86. The summed E-state index contributed by atoms with van der Waals surface area (Å²) in [5.74, 6) is 0. The van der Waals surface area contributed by atoms with Crippen molar-refractivity contribution in [3.8, 4) is 0 Å². The molecule has 1 heterocycles. The first-order chi connectivity index (χ1) is 7.00. The smallest absolute Gasteiger partial charge is 0.255 e. The zero-order valence-electron chi connectivity index (χ0n) is 8.55. The Balaban J connectivity index is 2.56. The maximum Gasteiger partial charge on any atom is 0.299 e. The molecule has 1 aliphatic rings. The van der Waals surface area contributed by atoms with E-state index in [1.807, 2.05) is 25.1 Å². The van der Waals surface area contributed by atoms with E-state index >= 15 is 0 Å². The normalized spacial score (nSPS) is 21.2. The fourth-order valence-electron chi connectivity index (χ4n) is 2.04.